The van der Waals surface area contributed by atoms with Crippen LogP contribution in [0.4, 0.5) is 0 Å². The van der Waals surface area contributed by atoms with Crippen molar-refractivity contribution in [3.63, 3.8) is 0 Å². The SMILES string of the molecule is CC1(C)CCC[C@]2(C)OC3CC[C@@]4(C)C(CC[C@]5(C)C4CC[C@]4(C)c6c(OS(=O)(=O)[O-])ccc(O)c6CC54)[C@]3(C)CCC12.[Na+]. The van der Waals surface area contributed by atoms with E-state index in [0.717, 1.165) is 36.8 Å². The molecule has 6 aliphatic rings. The molecular formula is C36H53NaO6S. The summed E-state index contributed by atoms with van der Waals surface area (Å²) in [6, 6.07) is 2.96. The molecule has 1 heterocycles. The second kappa shape index (κ2) is 10.3. The summed E-state index contributed by atoms with van der Waals surface area (Å²) >= 11 is 0. The summed E-state index contributed by atoms with van der Waals surface area (Å²) in [5.74, 6) is 2.28. The molecule has 44 heavy (non-hydrogen) atoms. The Kier molecular flexibility index (Phi) is 7.90. The van der Waals surface area contributed by atoms with Crippen molar-refractivity contribution in [3.8, 4) is 11.5 Å². The molecule has 1 aromatic carbocycles. The summed E-state index contributed by atoms with van der Waals surface area (Å²) < 4.78 is 47.5. The Morgan fingerprint density at radius 3 is 2.09 bits per heavy atom. The Bertz CT molecular complexity index is 1440. The Labute approximate surface area is 288 Å². The molecule has 1 aliphatic heterocycles. The average molecular weight is 637 g/mol. The van der Waals surface area contributed by atoms with Gasteiger partial charge in [-0.25, -0.2) is 8.42 Å². The smallest absolute Gasteiger partial charge is 0.716 e. The van der Waals surface area contributed by atoms with Gasteiger partial charge in [0, 0.05) is 16.5 Å². The molecule has 1 saturated heterocycles. The number of hydrogen-bond acceptors (Lipinski definition) is 6. The Morgan fingerprint density at radius 1 is 0.795 bits per heavy atom. The van der Waals surface area contributed by atoms with Crippen LogP contribution in [0, 0.1) is 45.3 Å². The average Bonchev–Trinajstić information content (AvgIpc) is 3.15. The van der Waals surface area contributed by atoms with Gasteiger partial charge in [-0.1, -0.05) is 48.0 Å². The zero-order valence-electron chi connectivity index (χ0n) is 28.4. The van der Waals surface area contributed by atoms with Gasteiger partial charge in [-0.2, -0.15) is 0 Å². The number of fused-ring (bicyclic) bond motifs is 10. The molecule has 1 aromatic rings. The molecule has 240 valence electrons. The fraction of sp³-hybridized carbons (Fsp3) is 0.833. The zero-order chi connectivity index (χ0) is 31.0. The Hall–Kier alpha value is -0.310. The van der Waals surface area contributed by atoms with Gasteiger partial charge in [0.15, 0.2) is 0 Å². The van der Waals surface area contributed by atoms with Gasteiger partial charge < -0.3 is 18.6 Å². The minimum Gasteiger partial charge on any atom is -0.716 e. The van der Waals surface area contributed by atoms with Crippen molar-refractivity contribution in [1.82, 2.24) is 0 Å². The van der Waals surface area contributed by atoms with Crippen LogP contribution in [0.15, 0.2) is 12.1 Å². The Balaban J connectivity index is 0.00000343. The summed E-state index contributed by atoms with van der Waals surface area (Å²) in [7, 11) is -4.92. The normalized spacial score (nSPS) is 47.3. The summed E-state index contributed by atoms with van der Waals surface area (Å²) in [4.78, 5) is 0. The number of benzene rings is 1. The van der Waals surface area contributed by atoms with Crippen LogP contribution in [-0.4, -0.2) is 29.8 Å². The molecular weight excluding hydrogens is 583 g/mol. The van der Waals surface area contributed by atoms with E-state index in [-0.39, 0.29) is 74.2 Å². The molecule has 6 nitrogen and oxygen atoms in total. The zero-order valence-corrected chi connectivity index (χ0v) is 31.2. The molecule has 4 saturated carbocycles. The molecule has 8 heteroatoms. The molecule has 7 rings (SSSR count). The quantitative estimate of drug-likeness (QED) is 0.277. The van der Waals surface area contributed by atoms with E-state index in [4.69, 9.17) is 8.92 Å². The molecule has 5 fully saturated rings. The van der Waals surface area contributed by atoms with Crippen LogP contribution in [0.25, 0.3) is 0 Å². The van der Waals surface area contributed by atoms with Crippen molar-refractivity contribution in [2.24, 2.45) is 45.3 Å². The summed E-state index contributed by atoms with van der Waals surface area (Å²) in [6.07, 6.45) is 13.8. The predicted molar refractivity (Wildman–Crippen MR) is 166 cm³/mol. The fourth-order valence-electron chi connectivity index (χ4n) is 13.6. The van der Waals surface area contributed by atoms with Crippen molar-refractivity contribution in [2.45, 2.75) is 143 Å². The van der Waals surface area contributed by atoms with E-state index in [1.165, 1.54) is 57.1 Å². The van der Waals surface area contributed by atoms with E-state index in [0.29, 0.717) is 35.7 Å². The van der Waals surface area contributed by atoms with Gasteiger partial charge in [0.1, 0.15) is 11.5 Å². The van der Waals surface area contributed by atoms with Crippen molar-refractivity contribution < 1.29 is 56.6 Å². The third-order valence-corrected chi connectivity index (χ3v) is 15.7. The number of aromatic hydroxyl groups is 1. The minimum absolute atomic E-state index is 0. The van der Waals surface area contributed by atoms with Crippen LogP contribution in [0.2, 0.25) is 0 Å². The molecule has 0 aromatic heterocycles. The summed E-state index contributed by atoms with van der Waals surface area (Å²) in [6.45, 7) is 17.3. The number of phenolic OH excluding ortho intramolecular Hbond substituents is 1. The van der Waals surface area contributed by atoms with Gasteiger partial charge in [-0.3, -0.25) is 0 Å². The summed E-state index contributed by atoms with van der Waals surface area (Å²) in [5, 5.41) is 11.0. The van der Waals surface area contributed by atoms with Crippen LogP contribution in [-0.2, 0) is 27.0 Å². The number of ether oxygens (including phenoxy) is 1. The van der Waals surface area contributed by atoms with Crippen molar-refractivity contribution in [1.29, 1.82) is 0 Å². The van der Waals surface area contributed by atoms with Gasteiger partial charge in [-0.05, 0) is 135 Å². The second-order valence-corrected chi connectivity index (χ2v) is 18.7. The maximum Gasteiger partial charge on any atom is 1.00 e. The molecule has 5 unspecified atom stereocenters. The van der Waals surface area contributed by atoms with Crippen molar-refractivity contribution in [2.75, 3.05) is 0 Å². The minimum atomic E-state index is -4.92. The first-order valence-corrected chi connectivity index (χ1v) is 18.4. The van der Waals surface area contributed by atoms with Gasteiger partial charge in [0.2, 0.25) is 0 Å². The van der Waals surface area contributed by atoms with Gasteiger partial charge in [0.25, 0.3) is 10.4 Å². The molecule has 5 aliphatic carbocycles. The molecule has 0 radical (unpaired) electrons. The number of hydrogen-bond donors (Lipinski definition) is 1. The van der Waals surface area contributed by atoms with Crippen LogP contribution in [0.1, 0.15) is 130 Å². The first-order valence-electron chi connectivity index (χ1n) is 17.1. The molecule has 0 amide bonds. The first-order chi connectivity index (χ1) is 19.9. The van der Waals surface area contributed by atoms with E-state index < -0.39 is 10.4 Å². The second-order valence-electron chi connectivity index (χ2n) is 17.7. The van der Waals surface area contributed by atoms with Gasteiger partial charge in [0.05, 0.1) is 11.7 Å². The standard InChI is InChI=1S/C36H54O6S.Na/c1-31(2)15-8-16-36(7)25(31)11-18-34(5)27-12-17-33(4)26(32(27,3)20-14-29(34)41-36)13-19-35(6)28(33)21-22-23(37)9-10-24(30(22)35)42-43(38,39)40;/h9-10,25-29,37H,8,11-21H2,1-7H3,(H,38,39,40);/q;+1/p-1/t25?,26?,27?,28?,29?,32-,33-,34+,35+,36+;/m1./s1. The molecule has 10 atom stereocenters. The largest absolute Gasteiger partial charge is 1.00 e. The van der Waals surface area contributed by atoms with Crippen LogP contribution >= 0.6 is 0 Å². The van der Waals surface area contributed by atoms with E-state index >= 15 is 0 Å². The number of rotatable bonds is 2. The number of phenols is 1. The summed E-state index contributed by atoms with van der Waals surface area (Å²) in [5.41, 5.74) is 1.84. The first kappa shape index (κ1) is 33.6. The molecule has 1 N–H and O–H groups in total. The molecule has 0 bridgehead atoms. The maximum atomic E-state index is 11.7. The van der Waals surface area contributed by atoms with E-state index in [2.05, 4.69) is 48.5 Å². The van der Waals surface area contributed by atoms with Crippen LogP contribution in [0.3, 0.4) is 0 Å². The third-order valence-electron chi connectivity index (χ3n) is 15.3. The van der Waals surface area contributed by atoms with E-state index in [9.17, 15) is 18.1 Å². The third kappa shape index (κ3) is 4.59. The van der Waals surface area contributed by atoms with E-state index in [1.54, 1.807) is 0 Å². The maximum absolute atomic E-state index is 11.7. The van der Waals surface area contributed by atoms with Crippen molar-refractivity contribution in [3.05, 3.63) is 23.3 Å². The molecule has 0 spiro atoms. The Morgan fingerprint density at radius 2 is 1.39 bits per heavy atom. The van der Waals surface area contributed by atoms with Crippen LogP contribution in [0.5, 0.6) is 11.5 Å². The topological polar surface area (TPSA) is 95.9 Å². The van der Waals surface area contributed by atoms with E-state index in [1.807, 2.05) is 0 Å². The fourth-order valence-corrected chi connectivity index (χ4v) is 14.0. The van der Waals surface area contributed by atoms with Crippen molar-refractivity contribution >= 4 is 10.4 Å². The van der Waals surface area contributed by atoms with Gasteiger partial charge >= 0.3 is 29.6 Å². The van der Waals surface area contributed by atoms with Crippen LogP contribution < -0.4 is 33.7 Å². The monoisotopic (exact) mass is 636 g/mol. The van der Waals surface area contributed by atoms with Gasteiger partial charge in [-0.15, -0.1) is 0 Å². The predicted octanol–water partition coefficient (Wildman–Crippen LogP) is 5.06.